The van der Waals surface area contributed by atoms with Crippen molar-refractivity contribution in [2.75, 3.05) is 18.5 Å². The first-order valence-electron chi connectivity index (χ1n) is 6.82. The van der Waals surface area contributed by atoms with Gasteiger partial charge in [-0.15, -0.1) is 0 Å². The first kappa shape index (κ1) is 14.5. The van der Waals surface area contributed by atoms with Gasteiger partial charge in [0.1, 0.15) is 5.82 Å². The van der Waals surface area contributed by atoms with Gasteiger partial charge in [0.15, 0.2) is 0 Å². The van der Waals surface area contributed by atoms with E-state index >= 15 is 0 Å². The summed E-state index contributed by atoms with van der Waals surface area (Å²) in [6, 6.07) is 11.4. The molecule has 0 spiro atoms. The summed E-state index contributed by atoms with van der Waals surface area (Å²) in [6.45, 7) is 4.66. The Kier molecular flexibility index (Phi) is 4.40. The van der Waals surface area contributed by atoms with E-state index in [1.54, 1.807) is 12.1 Å². The predicted molar refractivity (Wildman–Crippen MR) is 83.1 cm³/mol. The van der Waals surface area contributed by atoms with Gasteiger partial charge in [0.05, 0.1) is 0 Å². The number of nitrogens with two attached hydrogens (primary N) is 1. The number of hydrogen-bond donors (Lipinski definition) is 1. The molecule has 0 saturated heterocycles. The monoisotopic (exact) mass is 272 g/mol. The van der Waals surface area contributed by atoms with Crippen molar-refractivity contribution in [2.45, 2.75) is 20.3 Å². The number of rotatable bonds is 4. The molecule has 0 radical (unpaired) electrons. The van der Waals surface area contributed by atoms with Gasteiger partial charge >= 0.3 is 0 Å². The SMILES string of the molecule is Cc1ccc(N(C)c2cc(F)cc(CCN)c2)c(C)c1. The average molecular weight is 272 g/mol. The maximum absolute atomic E-state index is 13.7. The second kappa shape index (κ2) is 6.06. The van der Waals surface area contributed by atoms with Crippen LogP contribution in [0.15, 0.2) is 36.4 Å². The van der Waals surface area contributed by atoms with Crippen LogP contribution in [0.4, 0.5) is 15.8 Å². The summed E-state index contributed by atoms with van der Waals surface area (Å²) in [6.07, 6.45) is 0.686. The van der Waals surface area contributed by atoms with Gasteiger partial charge in [0, 0.05) is 18.4 Å². The number of hydrogen-bond acceptors (Lipinski definition) is 2. The summed E-state index contributed by atoms with van der Waals surface area (Å²) in [7, 11) is 1.96. The van der Waals surface area contributed by atoms with E-state index in [1.807, 2.05) is 18.0 Å². The molecule has 2 N–H and O–H groups in total. The number of aryl methyl sites for hydroxylation is 2. The molecule has 0 aliphatic carbocycles. The number of nitrogens with zero attached hydrogens (tertiary/aromatic N) is 1. The highest BCUT2D eigenvalue weighted by atomic mass is 19.1. The molecule has 106 valence electrons. The second-order valence-electron chi connectivity index (χ2n) is 5.21. The fourth-order valence-corrected chi connectivity index (χ4v) is 2.46. The predicted octanol–water partition coefficient (Wildman–Crippen LogP) is 3.71. The van der Waals surface area contributed by atoms with Gasteiger partial charge in [-0.3, -0.25) is 0 Å². The smallest absolute Gasteiger partial charge is 0.125 e. The van der Waals surface area contributed by atoms with E-state index in [-0.39, 0.29) is 5.82 Å². The van der Waals surface area contributed by atoms with Gasteiger partial charge in [-0.25, -0.2) is 4.39 Å². The molecule has 2 aromatic carbocycles. The van der Waals surface area contributed by atoms with E-state index in [9.17, 15) is 4.39 Å². The van der Waals surface area contributed by atoms with Crippen LogP contribution >= 0.6 is 0 Å². The van der Waals surface area contributed by atoms with Crippen LogP contribution in [0.3, 0.4) is 0 Å². The lowest BCUT2D eigenvalue weighted by Gasteiger charge is -2.22. The van der Waals surface area contributed by atoms with Crippen molar-refractivity contribution in [3.05, 3.63) is 58.9 Å². The lowest BCUT2D eigenvalue weighted by molar-refractivity contribution is 0.625. The molecular formula is C17H21FN2. The molecule has 0 aliphatic rings. The molecule has 0 fully saturated rings. The topological polar surface area (TPSA) is 29.3 Å². The van der Waals surface area contributed by atoms with Crippen LogP contribution in [-0.4, -0.2) is 13.6 Å². The first-order chi connectivity index (χ1) is 9.51. The molecule has 2 rings (SSSR count). The molecule has 3 heteroatoms. The van der Waals surface area contributed by atoms with E-state index in [2.05, 4.69) is 32.0 Å². The lowest BCUT2D eigenvalue weighted by Crippen LogP contribution is -2.12. The van der Waals surface area contributed by atoms with Gasteiger partial charge < -0.3 is 10.6 Å². The molecule has 20 heavy (non-hydrogen) atoms. The second-order valence-corrected chi connectivity index (χ2v) is 5.21. The van der Waals surface area contributed by atoms with Crippen LogP contribution < -0.4 is 10.6 Å². The van der Waals surface area contributed by atoms with Crippen LogP contribution in [0.2, 0.25) is 0 Å². The Labute approximate surface area is 120 Å². The summed E-state index contributed by atoms with van der Waals surface area (Å²) in [5, 5.41) is 0. The van der Waals surface area contributed by atoms with Crippen LogP contribution in [0.1, 0.15) is 16.7 Å². The van der Waals surface area contributed by atoms with Crippen LogP contribution in [-0.2, 0) is 6.42 Å². The molecule has 0 atom stereocenters. The third-order valence-electron chi connectivity index (χ3n) is 3.48. The highest BCUT2D eigenvalue weighted by Gasteiger charge is 2.09. The standard InChI is InChI=1S/C17H21FN2/c1-12-4-5-17(13(2)8-12)20(3)16-10-14(6-7-19)9-15(18)11-16/h4-5,8-11H,6-7,19H2,1-3H3. The maximum atomic E-state index is 13.7. The van der Waals surface area contributed by atoms with Crippen molar-refractivity contribution in [1.29, 1.82) is 0 Å². The molecule has 0 heterocycles. The largest absolute Gasteiger partial charge is 0.344 e. The minimum absolute atomic E-state index is 0.220. The maximum Gasteiger partial charge on any atom is 0.125 e. The average Bonchev–Trinajstić information content (AvgIpc) is 2.37. The molecule has 0 aromatic heterocycles. The number of halogens is 1. The van der Waals surface area contributed by atoms with E-state index < -0.39 is 0 Å². The van der Waals surface area contributed by atoms with Crippen molar-refractivity contribution in [3.63, 3.8) is 0 Å². The molecule has 0 bridgehead atoms. The Morgan fingerprint density at radius 3 is 2.50 bits per heavy atom. The summed E-state index contributed by atoms with van der Waals surface area (Å²) >= 11 is 0. The Morgan fingerprint density at radius 2 is 1.85 bits per heavy atom. The van der Waals surface area contributed by atoms with Gasteiger partial charge in [-0.1, -0.05) is 17.7 Å². The van der Waals surface area contributed by atoms with Crippen LogP contribution in [0.25, 0.3) is 0 Å². The fraction of sp³-hybridized carbons (Fsp3) is 0.294. The minimum atomic E-state index is -0.220. The lowest BCUT2D eigenvalue weighted by atomic mass is 10.1. The van der Waals surface area contributed by atoms with E-state index in [1.165, 1.54) is 11.1 Å². The zero-order chi connectivity index (χ0) is 14.7. The third-order valence-corrected chi connectivity index (χ3v) is 3.48. The van der Waals surface area contributed by atoms with Gasteiger partial charge in [-0.2, -0.15) is 0 Å². The number of anilines is 2. The number of benzene rings is 2. The highest BCUT2D eigenvalue weighted by molar-refractivity contribution is 5.66. The Hall–Kier alpha value is -1.87. The van der Waals surface area contributed by atoms with E-state index in [0.29, 0.717) is 13.0 Å². The summed E-state index contributed by atoms with van der Waals surface area (Å²) in [5.74, 6) is -0.220. The molecule has 0 amide bonds. The van der Waals surface area contributed by atoms with Crippen molar-refractivity contribution < 1.29 is 4.39 Å². The Bertz CT molecular complexity index is 608. The van der Waals surface area contributed by atoms with Crippen molar-refractivity contribution in [3.8, 4) is 0 Å². The quantitative estimate of drug-likeness (QED) is 0.919. The Balaban J connectivity index is 2.39. The summed E-state index contributed by atoms with van der Waals surface area (Å²) < 4.78 is 13.7. The molecular weight excluding hydrogens is 251 g/mol. The fourth-order valence-electron chi connectivity index (χ4n) is 2.46. The molecule has 2 aromatic rings. The highest BCUT2D eigenvalue weighted by Crippen LogP contribution is 2.28. The minimum Gasteiger partial charge on any atom is -0.344 e. The Morgan fingerprint density at radius 1 is 1.10 bits per heavy atom. The van der Waals surface area contributed by atoms with Gasteiger partial charge in [0.2, 0.25) is 0 Å². The van der Waals surface area contributed by atoms with Crippen molar-refractivity contribution in [2.24, 2.45) is 5.73 Å². The zero-order valence-corrected chi connectivity index (χ0v) is 12.3. The van der Waals surface area contributed by atoms with Crippen molar-refractivity contribution >= 4 is 11.4 Å². The zero-order valence-electron chi connectivity index (χ0n) is 12.3. The molecule has 0 saturated carbocycles. The molecule has 0 aliphatic heterocycles. The normalized spacial score (nSPS) is 10.7. The summed E-state index contributed by atoms with van der Waals surface area (Å²) in [4.78, 5) is 2.01. The van der Waals surface area contributed by atoms with Crippen molar-refractivity contribution in [1.82, 2.24) is 0 Å². The van der Waals surface area contributed by atoms with Crippen LogP contribution in [0, 0.1) is 19.7 Å². The van der Waals surface area contributed by atoms with E-state index in [0.717, 1.165) is 16.9 Å². The van der Waals surface area contributed by atoms with Gasteiger partial charge in [-0.05, 0) is 62.2 Å². The van der Waals surface area contributed by atoms with E-state index in [4.69, 9.17) is 5.73 Å². The third kappa shape index (κ3) is 3.17. The van der Waals surface area contributed by atoms with Crippen LogP contribution in [0.5, 0.6) is 0 Å². The molecule has 0 unspecified atom stereocenters. The summed E-state index contributed by atoms with van der Waals surface area (Å²) in [5.41, 5.74) is 10.8. The van der Waals surface area contributed by atoms with Gasteiger partial charge in [0.25, 0.3) is 0 Å². The first-order valence-corrected chi connectivity index (χ1v) is 6.82. The molecule has 2 nitrogen and oxygen atoms in total.